The van der Waals surface area contributed by atoms with E-state index in [-0.39, 0.29) is 16.6 Å². The molecule has 1 atom stereocenters. The first-order chi connectivity index (χ1) is 12.0. The number of nitrogens with zero attached hydrogens (tertiary/aromatic N) is 1. The Kier molecular flexibility index (Phi) is 4.85. The summed E-state index contributed by atoms with van der Waals surface area (Å²) in [5.41, 5.74) is 1.42. The SMILES string of the molecule is CC[C@H](Oc1ccc(F)cc1)C(=O)Nc1ccc2c(c1)sc(=O)n2C. The number of anilines is 1. The van der Waals surface area contributed by atoms with Crippen molar-refractivity contribution in [1.29, 1.82) is 0 Å². The summed E-state index contributed by atoms with van der Waals surface area (Å²) in [4.78, 5) is 24.1. The van der Waals surface area contributed by atoms with Gasteiger partial charge in [0.05, 0.1) is 10.2 Å². The number of ether oxygens (including phenoxy) is 1. The first-order valence-electron chi connectivity index (χ1n) is 7.80. The highest BCUT2D eigenvalue weighted by atomic mass is 32.1. The topological polar surface area (TPSA) is 60.3 Å². The molecule has 2 aromatic carbocycles. The fourth-order valence-electron chi connectivity index (χ4n) is 2.43. The third-order valence-corrected chi connectivity index (χ3v) is 4.81. The van der Waals surface area contributed by atoms with Gasteiger partial charge >= 0.3 is 4.87 Å². The molecule has 0 bridgehead atoms. The summed E-state index contributed by atoms with van der Waals surface area (Å²) < 4.78 is 21.0. The van der Waals surface area contributed by atoms with Gasteiger partial charge in [0.25, 0.3) is 5.91 Å². The van der Waals surface area contributed by atoms with Crippen molar-refractivity contribution in [2.45, 2.75) is 19.4 Å². The standard InChI is InChI=1S/C18H17FN2O3S/c1-3-15(24-13-7-4-11(19)5-8-13)17(22)20-12-6-9-14-16(10-12)25-18(23)21(14)2/h4-10,15H,3H2,1-2H3,(H,20,22)/t15-/m0/s1. The lowest BCUT2D eigenvalue weighted by Crippen LogP contribution is -2.32. The number of halogens is 1. The Bertz CT molecular complexity index is 963. The van der Waals surface area contributed by atoms with Gasteiger partial charge in [-0.2, -0.15) is 0 Å². The molecule has 130 valence electrons. The fourth-order valence-corrected chi connectivity index (χ4v) is 3.35. The molecule has 0 unspecified atom stereocenters. The highest BCUT2D eigenvalue weighted by molar-refractivity contribution is 7.16. The van der Waals surface area contributed by atoms with Gasteiger partial charge in [-0.25, -0.2) is 4.39 Å². The Balaban J connectivity index is 1.75. The zero-order chi connectivity index (χ0) is 18.0. The summed E-state index contributed by atoms with van der Waals surface area (Å²) in [6.07, 6.45) is -0.236. The van der Waals surface area contributed by atoms with Gasteiger partial charge in [-0.1, -0.05) is 18.3 Å². The van der Waals surface area contributed by atoms with Crippen LogP contribution < -0.4 is 14.9 Å². The van der Waals surface area contributed by atoms with Gasteiger partial charge in [0, 0.05) is 12.7 Å². The summed E-state index contributed by atoms with van der Waals surface area (Å²) >= 11 is 1.13. The van der Waals surface area contributed by atoms with Gasteiger partial charge in [-0.3, -0.25) is 9.59 Å². The highest BCUT2D eigenvalue weighted by Crippen LogP contribution is 2.22. The molecule has 3 rings (SSSR count). The Hall–Kier alpha value is -2.67. The zero-order valence-corrected chi connectivity index (χ0v) is 14.6. The van der Waals surface area contributed by atoms with E-state index < -0.39 is 6.10 Å². The van der Waals surface area contributed by atoms with Gasteiger partial charge < -0.3 is 14.6 Å². The fraction of sp³-hybridized carbons (Fsp3) is 0.222. The first kappa shape index (κ1) is 17.2. The van der Waals surface area contributed by atoms with Gasteiger partial charge in [0.15, 0.2) is 6.10 Å². The van der Waals surface area contributed by atoms with Crippen LogP contribution in [0.1, 0.15) is 13.3 Å². The molecular formula is C18H17FN2O3S. The number of benzene rings is 2. The average Bonchev–Trinajstić information content (AvgIpc) is 2.88. The zero-order valence-electron chi connectivity index (χ0n) is 13.8. The van der Waals surface area contributed by atoms with E-state index >= 15 is 0 Å². The number of thiazole rings is 1. The maximum absolute atomic E-state index is 13.0. The summed E-state index contributed by atoms with van der Waals surface area (Å²) in [5, 5.41) is 2.80. The number of carbonyl (C=O) groups is 1. The van der Waals surface area contributed by atoms with Crippen LogP contribution in [0.25, 0.3) is 10.2 Å². The molecule has 25 heavy (non-hydrogen) atoms. The lowest BCUT2D eigenvalue weighted by atomic mass is 10.2. The van der Waals surface area contributed by atoms with Crippen molar-refractivity contribution >= 4 is 33.1 Å². The van der Waals surface area contributed by atoms with Crippen LogP contribution in [-0.4, -0.2) is 16.6 Å². The van der Waals surface area contributed by atoms with Gasteiger partial charge in [0.2, 0.25) is 0 Å². The van der Waals surface area contributed by atoms with E-state index in [0.717, 1.165) is 21.6 Å². The maximum Gasteiger partial charge on any atom is 0.307 e. The largest absolute Gasteiger partial charge is 0.481 e. The van der Waals surface area contributed by atoms with Crippen LogP contribution in [-0.2, 0) is 11.8 Å². The molecule has 0 aliphatic heterocycles. The number of nitrogens with one attached hydrogen (secondary N) is 1. The number of fused-ring (bicyclic) bond motifs is 1. The van der Waals surface area contributed by atoms with E-state index in [2.05, 4.69) is 5.32 Å². The van der Waals surface area contributed by atoms with E-state index in [0.29, 0.717) is 17.9 Å². The molecule has 1 heterocycles. The second kappa shape index (κ2) is 7.06. The number of amides is 1. The van der Waals surface area contributed by atoms with Crippen LogP contribution in [0.15, 0.2) is 47.3 Å². The second-order valence-electron chi connectivity index (χ2n) is 5.57. The molecule has 0 aliphatic carbocycles. The van der Waals surface area contributed by atoms with Gasteiger partial charge in [0.1, 0.15) is 11.6 Å². The number of aryl methyl sites for hydroxylation is 1. The van der Waals surface area contributed by atoms with E-state index in [4.69, 9.17) is 4.74 Å². The van der Waals surface area contributed by atoms with Crippen molar-refractivity contribution in [3.05, 3.63) is 57.9 Å². The molecule has 3 aromatic rings. The van der Waals surface area contributed by atoms with Crippen LogP contribution in [0.5, 0.6) is 5.75 Å². The molecule has 0 aliphatic rings. The summed E-state index contributed by atoms with van der Waals surface area (Å²) in [6.45, 7) is 1.83. The second-order valence-corrected chi connectivity index (χ2v) is 6.56. The Morgan fingerprint density at radius 3 is 2.68 bits per heavy atom. The van der Waals surface area contributed by atoms with Crippen LogP contribution in [0.2, 0.25) is 0 Å². The predicted octanol–water partition coefficient (Wildman–Crippen LogP) is 3.54. The molecule has 1 amide bonds. The molecular weight excluding hydrogens is 343 g/mol. The maximum atomic E-state index is 13.0. The molecule has 0 saturated carbocycles. The predicted molar refractivity (Wildman–Crippen MR) is 96.8 cm³/mol. The van der Waals surface area contributed by atoms with Crippen molar-refractivity contribution in [2.24, 2.45) is 7.05 Å². The quantitative estimate of drug-likeness (QED) is 0.757. The Morgan fingerprint density at radius 2 is 2.00 bits per heavy atom. The molecule has 1 N–H and O–H groups in total. The van der Waals surface area contributed by atoms with Crippen LogP contribution in [0, 0.1) is 5.82 Å². The van der Waals surface area contributed by atoms with E-state index in [1.54, 1.807) is 29.8 Å². The van der Waals surface area contributed by atoms with Crippen molar-refractivity contribution in [3.63, 3.8) is 0 Å². The summed E-state index contributed by atoms with van der Waals surface area (Å²) in [6, 6.07) is 10.8. The molecule has 1 aromatic heterocycles. The lowest BCUT2D eigenvalue weighted by molar-refractivity contribution is -0.122. The third kappa shape index (κ3) is 3.71. The van der Waals surface area contributed by atoms with E-state index in [1.165, 1.54) is 24.3 Å². The minimum Gasteiger partial charge on any atom is -0.481 e. The van der Waals surface area contributed by atoms with E-state index in [1.807, 2.05) is 6.92 Å². The van der Waals surface area contributed by atoms with Gasteiger partial charge in [-0.15, -0.1) is 0 Å². The molecule has 0 spiro atoms. The average molecular weight is 360 g/mol. The first-order valence-corrected chi connectivity index (χ1v) is 8.62. The smallest absolute Gasteiger partial charge is 0.307 e. The highest BCUT2D eigenvalue weighted by Gasteiger charge is 2.19. The van der Waals surface area contributed by atoms with Crippen LogP contribution >= 0.6 is 11.3 Å². The number of rotatable bonds is 5. The Morgan fingerprint density at radius 1 is 1.28 bits per heavy atom. The van der Waals surface area contributed by atoms with Crippen LogP contribution in [0.3, 0.4) is 0 Å². The molecule has 5 nitrogen and oxygen atoms in total. The molecule has 0 radical (unpaired) electrons. The van der Waals surface area contributed by atoms with Crippen molar-refractivity contribution < 1.29 is 13.9 Å². The minimum atomic E-state index is -0.698. The normalized spacial score (nSPS) is 12.1. The molecule has 0 saturated heterocycles. The Labute approximate surface area is 147 Å². The number of hydrogen-bond donors (Lipinski definition) is 1. The summed E-state index contributed by atoms with van der Waals surface area (Å²) in [7, 11) is 1.71. The number of carbonyl (C=O) groups excluding carboxylic acids is 1. The van der Waals surface area contributed by atoms with Gasteiger partial charge in [-0.05, 0) is 48.9 Å². The monoisotopic (exact) mass is 360 g/mol. The van der Waals surface area contributed by atoms with E-state index in [9.17, 15) is 14.0 Å². The minimum absolute atomic E-state index is 0.0513. The van der Waals surface area contributed by atoms with Crippen LogP contribution in [0.4, 0.5) is 10.1 Å². The third-order valence-electron chi connectivity index (χ3n) is 3.82. The molecule has 7 heteroatoms. The summed E-state index contributed by atoms with van der Waals surface area (Å²) in [5.74, 6) is -0.227. The number of hydrogen-bond acceptors (Lipinski definition) is 4. The van der Waals surface area contributed by atoms with Crippen molar-refractivity contribution in [3.8, 4) is 5.75 Å². The van der Waals surface area contributed by atoms with Crippen molar-refractivity contribution in [2.75, 3.05) is 5.32 Å². The number of aromatic nitrogens is 1. The lowest BCUT2D eigenvalue weighted by Gasteiger charge is -2.17. The van der Waals surface area contributed by atoms with Crippen molar-refractivity contribution in [1.82, 2.24) is 4.57 Å². The molecule has 0 fully saturated rings.